The Labute approximate surface area is 161 Å². The summed E-state index contributed by atoms with van der Waals surface area (Å²) in [5.74, 6) is 1.78. The smallest absolute Gasteiger partial charge is 0.228 e. The molecule has 1 aliphatic rings. The molecule has 0 aliphatic heterocycles. The molecule has 0 spiro atoms. The SMILES string of the molecule is CCC(C)C(=O)Nc1ncc(-c2ccc(OC)cc2)nc1C1CCCCC1. The largest absolute Gasteiger partial charge is 0.497 e. The van der Waals surface area contributed by atoms with Crippen LogP contribution in [0.3, 0.4) is 0 Å². The van der Waals surface area contributed by atoms with Crippen LogP contribution in [0.4, 0.5) is 5.82 Å². The number of ether oxygens (including phenoxy) is 1. The number of aromatic nitrogens is 2. The Morgan fingerprint density at radius 3 is 2.56 bits per heavy atom. The number of anilines is 1. The molecule has 0 saturated heterocycles. The van der Waals surface area contributed by atoms with Gasteiger partial charge in [0.1, 0.15) is 5.75 Å². The van der Waals surface area contributed by atoms with Crippen molar-refractivity contribution in [3.05, 3.63) is 36.2 Å². The number of rotatable bonds is 6. The molecule has 1 saturated carbocycles. The van der Waals surface area contributed by atoms with Crippen LogP contribution in [0.1, 0.15) is 64.0 Å². The zero-order valence-corrected chi connectivity index (χ0v) is 16.5. The molecule has 1 amide bonds. The summed E-state index contributed by atoms with van der Waals surface area (Å²) in [6, 6.07) is 7.83. The molecule has 144 valence electrons. The number of amides is 1. The van der Waals surface area contributed by atoms with Crippen molar-refractivity contribution < 1.29 is 9.53 Å². The van der Waals surface area contributed by atoms with Gasteiger partial charge in [0.05, 0.1) is 24.7 Å². The van der Waals surface area contributed by atoms with Crippen LogP contribution < -0.4 is 10.1 Å². The van der Waals surface area contributed by atoms with E-state index in [0.717, 1.165) is 42.0 Å². The number of nitrogens with one attached hydrogen (secondary N) is 1. The lowest BCUT2D eigenvalue weighted by atomic mass is 9.86. The number of hydrogen-bond acceptors (Lipinski definition) is 4. The van der Waals surface area contributed by atoms with Crippen LogP contribution in [0.25, 0.3) is 11.3 Å². The van der Waals surface area contributed by atoms with Gasteiger partial charge in [0, 0.05) is 17.4 Å². The average molecular weight is 367 g/mol. The molecule has 0 bridgehead atoms. The van der Waals surface area contributed by atoms with Gasteiger partial charge in [-0.3, -0.25) is 4.79 Å². The van der Waals surface area contributed by atoms with Gasteiger partial charge < -0.3 is 10.1 Å². The van der Waals surface area contributed by atoms with Crippen LogP contribution in [0.15, 0.2) is 30.5 Å². The Balaban J connectivity index is 1.93. The lowest BCUT2D eigenvalue weighted by molar-refractivity contribution is -0.119. The maximum absolute atomic E-state index is 12.4. The van der Waals surface area contributed by atoms with Crippen LogP contribution in [-0.2, 0) is 4.79 Å². The molecule has 5 heteroatoms. The molecule has 1 heterocycles. The first-order chi connectivity index (χ1) is 13.1. The van der Waals surface area contributed by atoms with Crippen molar-refractivity contribution >= 4 is 11.7 Å². The topological polar surface area (TPSA) is 64.1 Å². The molecule has 2 aromatic rings. The fourth-order valence-electron chi connectivity index (χ4n) is 3.49. The van der Waals surface area contributed by atoms with Crippen molar-refractivity contribution in [1.29, 1.82) is 0 Å². The fourth-order valence-corrected chi connectivity index (χ4v) is 3.49. The van der Waals surface area contributed by atoms with E-state index in [9.17, 15) is 4.79 Å². The van der Waals surface area contributed by atoms with E-state index in [2.05, 4.69) is 10.3 Å². The Morgan fingerprint density at radius 1 is 1.22 bits per heavy atom. The van der Waals surface area contributed by atoms with Gasteiger partial charge in [-0.15, -0.1) is 0 Å². The van der Waals surface area contributed by atoms with Gasteiger partial charge in [-0.2, -0.15) is 0 Å². The van der Waals surface area contributed by atoms with Gasteiger partial charge in [-0.1, -0.05) is 33.1 Å². The molecule has 1 aliphatic carbocycles. The number of nitrogens with zero attached hydrogens (tertiary/aromatic N) is 2. The molecule has 1 unspecified atom stereocenters. The summed E-state index contributed by atoms with van der Waals surface area (Å²) in [6.07, 6.45) is 8.45. The minimum atomic E-state index is -0.0349. The standard InChI is InChI=1S/C22H29N3O2/c1-4-15(2)22(26)25-21-20(17-8-6-5-7-9-17)24-19(14-23-21)16-10-12-18(27-3)13-11-16/h10-15,17H,4-9H2,1-3H3,(H,23,25,26). The van der Waals surface area contributed by atoms with Crippen molar-refractivity contribution in [3.63, 3.8) is 0 Å². The molecular weight excluding hydrogens is 338 g/mol. The van der Waals surface area contributed by atoms with Crippen LogP contribution >= 0.6 is 0 Å². The van der Waals surface area contributed by atoms with E-state index in [4.69, 9.17) is 9.72 Å². The van der Waals surface area contributed by atoms with E-state index in [0.29, 0.717) is 11.7 Å². The summed E-state index contributed by atoms with van der Waals surface area (Å²) >= 11 is 0. The molecule has 1 fully saturated rings. The Kier molecular flexibility index (Phi) is 6.43. The van der Waals surface area contributed by atoms with E-state index < -0.39 is 0 Å². The van der Waals surface area contributed by atoms with Crippen molar-refractivity contribution in [1.82, 2.24) is 9.97 Å². The molecule has 0 radical (unpaired) electrons. The molecule has 5 nitrogen and oxygen atoms in total. The number of hydrogen-bond donors (Lipinski definition) is 1. The maximum atomic E-state index is 12.4. The van der Waals surface area contributed by atoms with Crippen LogP contribution in [-0.4, -0.2) is 23.0 Å². The average Bonchev–Trinajstić information content (AvgIpc) is 2.74. The van der Waals surface area contributed by atoms with Gasteiger partial charge in [-0.05, 0) is 43.5 Å². The highest BCUT2D eigenvalue weighted by Gasteiger charge is 2.23. The number of carbonyl (C=O) groups excluding carboxylic acids is 1. The highest BCUT2D eigenvalue weighted by atomic mass is 16.5. The molecule has 3 rings (SSSR count). The van der Waals surface area contributed by atoms with Crippen molar-refractivity contribution in [2.24, 2.45) is 5.92 Å². The summed E-state index contributed by atoms with van der Waals surface area (Å²) in [4.78, 5) is 22.0. The van der Waals surface area contributed by atoms with Crippen LogP contribution in [0, 0.1) is 5.92 Å². The Bertz CT molecular complexity index is 768. The second-order valence-electron chi connectivity index (χ2n) is 7.35. The number of benzene rings is 1. The zero-order chi connectivity index (χ0) is 19.2. The van der Waals surface area contributed by atoms with Gasteiger partial charge in [-0.25, -0.2) is 9.97 Å². The minimum absolute atomic E-state index is 0.0149. The van der Waals surface area contributed by atoms with Gasteiger partial charge in [0.2, 0.25) is 5.91 Å². The van der Waals surface area contributed by atoms with E-state index >= 15 is 0 Å². The predicted molar refractivity (Wildman–Crippen MR) is 108 cm³/mol. The second-order valence-corrected chi connectivity index (χ2v) is 7.35. The molecule has 1 aromatic carbocycles. The summed E-state index contributed by atoms with van der Waals surface area (Å²) in [6.45, 7) is 3.96. The van der Waals surface area contributed by atoms with E-state index in [1.807, 2.05) is 38.1 Å². The third-order valence-electron chi connectivity index (χ3n) is 5.48. The molecular formula is C22H29N3O2. The monoisotopic (exact) mass is 367 g/mol. The first-order valence-electron chi connectivity index (χ1n) is 9.94. The Hall–Kier alpha value is -2.43. The van der Waals surface area contributed by atoms with Crippen molar-refractivity contribution in [3.8, 4) is 17.0 Å². The minimum Gasteiger partial charge on any atom is -0.497 e. The lowest BCUT2D eigenvalue weighted by Gasteiger charge is -2.24. The number of methoxy groups -OCH3 is 1. The third-order valence-corrected chi connectivity index (χ3v) is 5.48. The lowest BCUT2D eigenvalue weighted by Crippen LogP contribution is -2.22. The second kappa shape index (κ2) is 8.98. The molecule has 1 aromatic heterocycles. The maximum Gasteiger partial charge on any atom is 0.228 e. The summed E-state index contributed by atoms with van der Waals surface area (Å²) in [7, 11) is 1.66. The van der Waals surface area contributed by atoms with Crippen LogP contribution in [0.5, 0.6) is 5.75 Å². The van der Waals surface area contributed by atoms with Gasteiger partial charge in [0.25, 0.3) is 0 Å². The Morgan fingerprint density at radius 2 is 1.93 bits per heavy atom. The van der Waals surface area contributed by atoms with E-state index in [-0.39, 0.29) is 11.8 Å². The highest BCUT2D eigenvalue weighted by molar-refractivity contribution is 5.92. The zero-order valence-electron chi connectivity index (χ0n) is 16.5. The van der Waals surface area contributed by atoms with Crippen LogP contribution in [0.2, 0.25) is 0 Å². The van der Waals surface area contributed by atoms with E-state index in [1.54, 1.807) is 13.3 Å². The van der Waals surface area contributed by atoms with Gasteiger partial charge >= 0.3 is 0 Å². The van der Waals surface area contributed by atoms with Gasteiger partial charge in [0.15, 0.2) is 5.82 Å². The quantitative estimate of drug-likeness (QED) is 0.763. The van der Waals surface area contributed by atoms with E-state index in [1.165, 1.54) is 19.3 Å². The summed E-state index contributed by atoms with van der Waals surface area (Å²) in [5, 5.41) is 3.02. The summed E-state index contributed by atoms with van der Waals surface area (Å²) < 4.78 is 5.24. The number of carbonyl (C=O) groups is 1. The molecule has 1 atom stereocenters. The van der Waals surface area contributed by atoms with Crippen molar-refractivity contribution in [2.45, 2.75) is 58.3 Å². The first-order valence-corrected chi connectivity index (χ1v) is 9.94. The third kappa shape index (κ3) is 4.65. The fraction of sp³-hybridized carbons (Fsp3) is 0.500. The highest BCUT2D eigenvalue weighted by Crippen LogP contribution is 2.36. The summed E-state index contributed by atoms with van der Waals surface area (Å²) in [5.41, 5.74) is 2.76. The molecule has 1 N–H and O–H groups in total. The predicted octanol–water partition coefficient (Wildman–Crippen LogP) is 5.18. The van der Waals surface area contributed by atoms with Crippen molar-refractivity contribution in [2.75, 3.05) is 12.4 Å². The normalized spacial score (nSPS) is 16.0. The molecule has 27 heavy (non-hydrogen) atoms. The first kappa shape index (κ1) is 19.3.